The first-order valence-corrected chi connectivity index (χ1v) is 7.45. The zero-order valence-electron chi connectivity index (χ0n) is 9.51. The lowest BCUT2D eigenvalue weighted by Gasteiger charge is -2.06. The van der Waals surface area contributed by atoms with Crippen LogP contribution in [0.4, 0.5) is 10.1 Å². The summed E-state index contributed by atoms with van der Waals surface area (Å²) < 4.78 is 39.1. The zero-order valence-corrected chi connectivity index (χ0v) is 11.1. The Labute approximate surface area is 112 Å². The van der Waals surface area contributed by atoms with Gasteiger partial charge in [-0.1, -0.05) is 11.3 Å². The minimum Gasteiger partial charge on any atom is -0.399 e. The predicted octanol–water partition coefficient (Wildman–Crippen LogP) is 0.636. The van der Waals surface area contributed by atoms with Crippen molar-refractivity contribution in [3.8, 4) is 0 Å². The van der Waals surface area contributed by atoms with Gasteiger partial charge < -0.3 is 10.7 Å². The molecule has 0 spiro atoms. The van der Waals surface area contributed by atoms with E-state index in [4.69, 9.17) is 5.73 Å². The van der Waals surface area contributed by atoms with E-state index in [1.807, 2.05) is 0 Å². The number of nitrogen functional groups attached to an aromatic ring is 1. The van der Waals surface area contributed by atoms with Crippen molar-refractivity contribution < 1.29 is 12.8 Å². The second-order valence-corrected chi connectivity index (χ2v) is 6.33. The average Bonchev–Trinajstić information content (AvgIpc) is 2.71. The topological polar surface area (TPSA) is 105 Å². The lowest BCUT2D eigenvalue weighted by Crippen LogP contribution is -2.24. The smallest absolute Gasteiger partial charge is 0.304 e. The first kappa shape index (κ1) is 13.7. The number of halogens is 1. The molecule has 1 aromatic heterocycles. The third-order valence-corrected chi connectivity index (χ3v) is 4.33. The van der Waals surface area contributed by atoms with Crippen molar-refractivity contribution in [1.82, 2.24) is 9.71 Å². The number of hydrogen-bond acceptors (Lipinski definition) is 5. The van der Waals surface area contributed by atoms with Gasteiger partial charge in [0.1, 0.15) is 5.82 Å². The van der Waals surface area contributed by atoms with Gasteiger partial charge in [0, 0.05) is 16.8 Å². The number of sulfonamides is 1. The van der Waals surface area contributed by atoms with Crippen molar-refractivity contribution >= 4 is 27.0 Å². The quantitative estimate of drug-likeness (QED) is 0.721. The Hall–Kier alpha value is -1.71. The van der Waals surface area contributed by atoms with Gasteiger partial charge in [-0.05, 0) is 18.2 Å². The summed E-state index contributed by atoms with van der Waals surface area (Å²) in [5.74, 6) is -0.732. The van der Waals surface area contributed by atoms with E-state index < -0.39 is 15.8 Å². The zero-order chi connectivity index (χ0) is 14.0. The maximum Gasteiger partial charge on any atom is 0.304 e. The summed E-state index contributed by atoms with van der Waals surface area (Å²) in [7, 11) is -3.88. The van der Waals surface area contributed by atoms with Crippen molar-refractivity contribution in [2.24, 2.45) is 0 Å². The fourth-order valence-corrected chi connectivity index (χ4v) is 3.05. The Morgan fingerprint density at radius 3 is 2.68 bits per heavy atom. The van der Waals surface area contributed by atoms with E-state index in [9.17, 15) is 17.6 Å². The van der Waals surface area contributed by atoms with Crippen LogP contribution in [0.2, 0.25) is 0 Å². The highest BCUT2D eigenvalue weighted by Crippen LogP contribution is 2.15. The van der Waals surface area contributed by atoms with Crippen molar-refractivity contribution in [1.29, 1.82) is 0 Å². The van der Waals surface area contributed by atoms with Crippen LogP contribution in [0, 0.1) is 5.82 Å². The molecule has 0 atom stereocenters. The third kappa shape index (κ3) is 3.40. The molecule has 2 rings (SSSR count). The normalized spacial score (nSPS) is 11.6. The monoisotopic (exact) mass is 303 g/mol. The molecule has 0 unspecified atom stereocenters. The molecule has 9 heteroatoms. The largest absolute Gasteiger partial charge is 0.399 e. The molecule has 1 heterocycles. The summed E-state index contributed by atoms with van der Waals surface area (Å²) in [4.78, 5) is 12.8. The fraction of sp³-hybridized carbons (Fsp3) is 0.100. The summed E-state index contributed by atoms with van der Waals surface area (Å²) in [5, 5.41) is 1.50. The van der Waals surface area contributed by atoms with Crippen LogP contribution in [0.5, 0.6) is 0 Å². The van der Waals surface area contributed by atoms with Gasteiger partial charge >= 0.3 is 4.87 Å². The number of nitrogens with one attached hydrogen (secondary N) is 2. The highest BCUT2D eigenvalue weighted by Gasteiger charge is 2.15. The van der Waals surface area contributed by atoms with Gasteiger partial charge in [0.15, 0.2) is 0 Å². The summed E-state index contributed by atoms with van der Waals surface area (Å²) in [6, 6.07) is 3.05. The molecular weight excluding hydrogens is 293 g/mol. The van der Waals surface area contributed by atoms with Crippen molar-refractivity contribution in [2.45, 2.75) is 11.4 Å². The standard InChI is InChI=1S/C10H10FN3O3S2/c11-6-1-7(12)3-9(2-6)19(16,17)13-4-8-5-18-10(15)14-8/h1-3,5,13H,4,12H2,(H,14,15). The number of hydrogen-bond donors (Lipinski definition) is 3. The molecule has 4 N–H and O–H groups in total. The van der Waals surface area contributed by atoms with Crippen LogP contribution in [0.15, 0.2) is 33.3 Å². The molecule has 0 aliphatic heterocycles. The van der Waals surface area contributed by atoms with Gasteiger partial charge in [0.25, 0.3) is 0 Å². The molecular formula is C10H10FN3O3S2. The third-order valence-electron chi connectivity index (χ3n) is 2.23. The molecule has 102 valence electrons. The molecule has 0 saturated heterocycles. The molecule has 0 bridgehead atoms. The number of benzene rings is 1. The first-order chi connectivity index (χ1) is 8.87. The van der Waals surface area contributed by atoms with Gasteiger partial charge in [0.05, 0.1) is 11.4 Å². The summed E-state index contributed by atoms with van der Waals surface area (Å²) in [5.41, 5.74) is 5.84. The minimum absolute atomic E-state index is 0.0179. The molecule has 0 fully saturated rings. The summed E-state index contributed by atoms with van der Waals surface area (Å²) in [6.07, 6.45) is 0. The van der Waals surface area contributed by atoms with E-state index in [2.05, 4.69) is 9.71 Å². The van der Waals surface area contributed by atoms with Crippen LogP contribution >= 0.6 is 11.3 Å². The van der Waals surface area contributed by atoms with E-state index in [1.165, 1.54) is 5.38 Å². The molecule has 0 radical (unpaired) electrons. The van der Waals surface area contributed by atoms with Gasteiger partial charge in [-0.2, -0.15) is 0 Å². The Morgan fingerprint density at radius 2 is 2.11 bits per heavy atom. The molecule has 0 aliphatic carbocycles. The summed E-state index contributed by atoms with van der Waals surface area (Å²) in [6.45, 7) is -0.0858. The van der Waals surface area contributed by atoms with E-state index in [0.29, 0.717) is 5.69 Å². The molecule has 2 aromatic rings. The lowest BCUT2D eigenvalue weighted by molar-refractivity contribution is 0.577. The Balaban J connectivity index is 2.20. The lowest BCUT2D eigenvalue weighted by atomic mass is 10.3. The highest BCUT2D eigenvalue weighted by atomic mass is 32.2. The number of nitrogens with two attached hydrogens (primary N) is 1. The van der Waals surface area contributed by atoms with E-state index >= 15 is 0 Å². The van der Waals surface area contributed by atoms with Crippen LogP contribution in [-0.4, -0.2) is 13.4 Å². The van der Waals surface area contributed by atoms with Crippen LogP contribution in [0.25, 0.3) is 0 Å². The Bertz CT molecular complexity index is 731. The molecule has 6 nitrogen and oxygen atoms in total. The number of aromatic nitrogens is 1. The second kappa shape index (κ2) is 5.11. The van der Waals surface area contributed by atoms with E-state index in [-0.39, 0.29) is 22.0 Å². The van der Waals surface area contributed by atoms with Crippen molar-refractivity contribution in [2.75, 3.05) is 5.73 Å². The van der Waals surface area contributed by atoms with Crippen LogP contribution in [0.1, 0.15) is 5.69 Å². The maximum atomic E-state index is 13.1. The highest BCUT2D eigenvalue weighted by molar-refractivity contribution is 7.89. The second-order valence-electron chi connectivity index (χ2n) is 3.72. The van der Waals surface area contributed by atoms with Gasteiger partial charge in [0.2, 0.25) is 10.0 Å². The van der Waals surface area contributed by atoms with Gasteiger partial charge in [-0.3, -0.25) is 4.79 Å². The van der Waals surface area contributed by atoms with Crippen LogP contribution in [-0.2, 0) is 16.6 Å². The average molecular weight is 303 g/mol. The number of anilines is 1. The maximum absolute atomic E-state index is 13.1. The van der Waals surface area contributed by atoms with Crippen molar-refractivity contribution in [3.63, 3.8) is 0 Å². The summed E-state index contributed by atoms with van der Waals surface area (Å²) >= 11 is 0.930. The van der Waals surface area contributed by atoms with Gasteiger partial charge in [-0.25, -0.2) is 17.5 Å². The minimum atomic E-state index is -3.88. The number of H-pyrrole nitrogens is 1. The fourth-order valence-electron chi connectivity index (χ4n) is 1.40. The number of rotatable bonds is 4. The van der Waals surface area contributed by atoms with Crippen LogP contribution < -0.4 is 15.3 Å². The molecule has 0 saturated carbocycles. The molecule has 1 aromatic carbocycles. The van der Waals surface area contributed by atoms with Crippen LogP contribution in [0.3, 0.4) is 0 Å². The number of aromatic amines is 1. The molecule has 0 amide bonds. The SMILES string of the molecule is Nc1cc(F)cc(S(=O)(=O)NCc2csc(=O)[nH]2)c1. The van der Waals surface area contributed by atoms with Gasteiger partial charge in [-0.15, -0.1) is 0 Å². The Morgan fingerprint density at radius 1 is 1.37 bits per heavy atom. The predicted molar refractivity (Wildman–Crippen MR) is 69.8 cm³/mol. The molecule has 19 heavy (non-hydrogen) atoms. The van der Waals surface area contributed by atoms with E-state index in [1.54, 1.807) is 0 Å². The number of thiazole rings is 1. The molecule has 0 aliphatic rings. The van der Waals surface area contributed by atoms with Crippen molar-refractivity contribution in [3.05, 3.63) is 44.8 Å². The Kier molecular flexibility index (Phi) is 3.69. The van der Waals surface area contributed by atoms with E-state index in [0.717, 1.165) is 29.5 Å². The first-order valence-electron chi connectivity index (χ1n) is 5.09.